The molecule has 0 saturated heterocycles. The molecule has 0 aliphatic heterocycles. The summed E-state index contributed by atoms with van der Waals surface area (Å²) in [4.78, 5) is 38.6. The number of ketones is 3. The van der Waals surface area contributed by atoms with Gasteiger partial charge in [0.15, 0.2) is 0 Å². The minimum atomic E-state index is -0.345. The quantitative estimate of drug-likeness (QED) is 0.435. The van der Waals surface area contributed by atoms with Crippen molar-refractivity contribution in [2.45, 2.75) is 106 Å². The molecular formula is C27H44O3. The van der Waals surface area contributed by atoms with Gasteiger partial charge in [-0.2, -0.15) is 0 Å². The van der Waals surface area contributed by atoms with Crippen molar-refractivity contribution in [3.05, 3.63) is 0 Å². The number of Topliss-reactive ketones (excluding diaryl/α,β-unsaturated/α-hetero) is 3. The highest BCUT2D eigenvalue weighted by Crippen LogP contribution is 2.52. The third kappa shape index (κ3) is 5.07. The molecular weight excluding hydrogens is 372 g/mol. The molecule has 0 amide bonds. The molecule has 2 unspecified atom stereocenters. The average Bonchev–Trinajstić information content (AvgIpc) is 3.12. The van der Waals surface area contributed by atoms with Gasteiger partial charge in [-0.05, 0) is 56.8 Å². The van der Waals surface area contributed by atoms with Gasteiger partial charge in [-0.15, -0.1) is 0 Å². The number of hydrogen-bond acceptors (Lipinski definition) is 3. The van der Waals surface area contributed by atoms with Gasteiger partial charge in [-0.3, -0.25) is 14.4 Å². The Morgan fingerprint density at radius 3 is 1.70 bits per heavy atom. The van der Waals surface area contributed by atoms with Gasteiger partial charge >= 0.3 is 0 Å². The normalized spacial score (nSPS) is 30.1. The fourth-order valence-electron chi connectivity index (χ4n) is 6.34. The zero-order valence-electron chi connectivity index (χ0n) is 20.5. The fraction of sp³-hybridized carbons (Fsp3) is 0.889. The maximum atomic E-state index is 13.2. The summed E-state index contributed by atoms with van der Waals surface area (Å²) in [7, 11) is 0. The lowest BCUT2D eigenvalue weighted by molar-refractivity contribution is -0.138. The van der Waals surface area contributed by atoms with E-state index in [2.05, 4.69) is 27.7 Å². The smallest absolute Gasteiger partial charge is 0.141 e. The maximum Gasteiger partial charge on any atom is 0.141 e. The third-order valence-corrected chi connectivity index (χ3v) is 8.24. The van der Waals surface area contributed by atoms with Crippen LogP contribution in [-0.4, -0.2) is 17.3 Å². The van der Waals surface area contributed by atoms with Gasteiger partial charge in [0, 0.05) is 34.0 Å². The molecule has 0 radical (unpaired) electrons. The van der Waals surface area contributed by atoms with Gasteiger partial charge in [0.2, 0.25) is 0 Å². The number of rotatable bonds is 9. The molecule has 3 aliphatic carbocycles. The highest BCUT2D eigenvalue weighted by atomic mass is 16.1. The number of hydrogen-bond donors (Lipinski definition) is 0. The summed E-state index contributed by atoms with van der Waals surface area (Å²) in [6, 6.07) is 0. The van der Waals surface area contributed by atoms with Gasteiger partial charge < -0.3 is 0 Å². The van der Waals surface area contributed by atoms with Crippen LogP contribution in [0.15, 0.2) is 0 Å². The van der Waals surface area contributed by atoms with Crippen LogP contribution in [-0.2, 0) is 14.4 Å². The van der Waals surface area contributed by atoms with Crippen molar-refractivity contribution >= 4 is 17.3 Å². The fourth-order valence-corrected chi connectivity index (χ4v) is 6.34. The van der Waals surface area contributed by atoms with Gasteiger partial charge in [-0.1, -0.05) is 61.3 Å². The minimum Gasteiger partial charge on any atom is -0.299 e. The Hall–Kier alpha value is -0.990. The molecule has 3 heteroatoms. The van der Waals surface area contributed by atoms with Crippen LogP contribution < -0.4 is 0 Å². The maximum absolute atomic E-state index is 13.2. The molecule has 170 valence electrons. The summed E-state index contributed by atoms with van der Waals surface area (Å²) in [5.41, 5.74) is -0.877. The van der Waals surface area contributed by atoms with Crippen LogP contribution >= 0.6 is 0 Å². The van der Waals surface area contributed by atoms with E-state index in [9.17, 15) is 14.4 Å². The monoisotopic (exact) mass is 416 g/mol. The van der Waals surface area contributed by atoms with E-state index in [0.717, 1.165) is 44.9 Å². The van der Waals surface area contributed by atoms with Crippen LogP contribution in [0.4, 0.5) is 0 Å². The highest BCUT2D eigenvalue weighted by Gasteiger charge is 2.51. The molecule has 3 fully saturated rings. The largest absolute Gasteiger partial charge is 0.299 e. The van der Waals surface area contributed by atoms with E-state index in [1.165, 1.54) is 12.8 Å². The predicted octanol–water partition coefficient (Wildman–Crippen LogP) is 6.42. The molecule has 0 aromatic carbocycles. The molecule has 0 N–H and O–H groups in total. The van der Waals surface area contributed by atoms with Crippen molar-refractivity contribution in [1.82, 2.24) is 0 Å². The Balaban J connectivity index is 1.46. The molecule has 30 heavy (non-hydrogen) atoms. The van der Waals surface area contributed by atoms with E-state index in [-0.39, 0.29) is 34.0 Å². The molecule has 3 rings (SSSR count). The predicted molar refractivity (Wildman–Crippen MR) is 121 cm³/mol. The lowest BCUT2D eigenvalue weighted by atomic mass is 9.61. The first-order valence-electron chi connectivity index (χ1n) is 12.4. The second-order valence-corrected chi connectivity index (χ2v) is 13.1. The van der Waals surface area contributed by atoms with Crippen molar-refractivity contribution in [3.8, 4) is 0 Å². The van der Waals surface area contributed by atoms with Gasteiger partial charge in [-0.25, -0.2) is 0 Å². The summed E-state index contributed by atoms with van der Waals surface area (Å²) in [6.07, 6.45) is 9.15. The highest BCUT2D eigenvalue weighted by molar-refractivity contribution is 5.90. The summed E-state index contributed by atoms with van der Waals surface area (Å²) >= 11 is 0. The molecule has 0 bridgehead atoms. The van der Waals surface area contributed by atoms with E-state index < -0.39 is 0 Å². The topological polar surface area (TPSA) is 51.2 Å². The molecule has 0 aromatic rings. The lowest BCUT2D eigenvalue weighted by Gasteiger charge is -2.42. The zero-order valence-corrected chi connectivity index (χ0v) is 20.5. The standard InChI is InChI=1S/C27H44O3/c1-25(2,3)24(30)21-14-20(21)16-27(6,7)23(29)19-12-17(13-19)15-26(4,5)22(28)18-10-8-9-11-18/h17-21H,8-16H2,1-7H3. The summed E-state index contributed by atoms with van der Waals surface area (Å²) in [6.45, 7) is 14.4. The van der Waals surface area contributed by atoms with E-state index in [0.29, 0.717) is 29.2 Å². The SMILES string of the molecule is CC(C)(C)C(=O)C1CC1CC(C)(C)C(=O)C1CC(CC(C)(C)C(=O)C2CCCC2)C1. The van der Waals surface area contributed by atoms with Crippen molar-refractivity contribution in [2.75, 3.05) is 0 Å². The first kappa shape index (κ1) is 23.7. The van der Waals surface area contributed by atoms with Gasteiger partial charge in [0.1, 0.15) is 17.3 Å². The molecule has 0 spiro atoms. The second kappa shape index (κ2) is 8.17. The first-order valence-corrected chi connectivity index (χ1v) is 12.4. The van der Waals surface area contributed by atoms with Crippen LogP contribution in [0.2, 0.25) is 0 Å². The van der Waals surface area contributed by atoms with Crippen LogP contribution in [0.25, 0.3) is 0 Å². The second-order valence-electron chi connectivity index (χ2n) is 13.1. The Labute approximate surface area is 184 Å². The third-order valence-electron chi connectivity index (χ3n) is 8.24. The van der Waals surface area contributed by atoms with Gasteiger partial charge in [0.25, 0.3) is 0 Å². The molecule has 3 aliphatic rings. The molecule has 3 nitrogen and oxygen atoms in total. The van der Waals surface area contributed by atoms with E-state index in [1.54, 1.807) is 0 Å². The van der Waals surface area contributed by atoms with Crippen molar-refractivity contribution in [2.24, 2.45) is 45.8 Å². The molecule has 0 heterocycles. The summed E-state index contributed by atoms with van der Waals surface area (Å²) < 4.78 is 0. The summed E-state index contributed by atoms with van der Waals surface area (Å²) in [5, 5.41) is 0. The van der Waals surface area contributed by atoms with Crippen LogP contribution in [0.5, 0.6) is 0 Å². The van der Waals surface area contributed by atoms with E-state index in [1.807, 2.05) is 20.8 Å². The number of carbonyl (C=O) groups excluding carboxylic acids is 3. The molecule has 0 aromatic heterocycles. The Bertz CT molecular complexity index is 681. The lowest BCUT2D eigenvalue weighted by Crippen LogP contribution is -2.42. The van der Waals surface area contributed by atoms with Crippen LogP contribution in [0.3, 0.4) is 0 Å². The molecule has 3 saturated carbocycles. The average molecular weight is 417 g/mol. The van der Waals surface area contributed by atoms with Crippen molar-refractivity contribution in [3.63, 3.8) is 0 Å². The van der Waals surface area contributed by atoms with Crippen molar-refractivity contribution < 1.29 is 14.4 Å². The molecule has 2 atom stereocenters. The Morgan fingerprint density at radius 1 is 0.667 bits per heavy atom. The van der Waals surface area contributed by atoms with Crippen LogP contribution in [0, 0.1) is 45.8 Å². The van der Waals surface area contributed by atoms with Gasteiger partial charge in [0.05, 0.1) is 0 Å². The Morgan fingerprint density at radius 2 is 1.17 bits per heavy atom. The van der Waals surface area contributed by atoms with E-state index >= 15 is 0 Å². The van der Waals surface area contributed by atoms with Crippen LogP contribution in [0.1, 0.15) is 106 Å². The zero-order chi connectivity index (χ0) is 22.5. The first-order chi connectivity index (χ1) is 13.7. The van der Waals surface area contributed by atoms with E-state index in [4.69, 9.17) is 0 Å². The van der Waals surface area contributed by atoms with Crippen molar-refractivity contribution in [1.29, 1.82) is 0 Å². The number of carbonyl (C=O) groups is 3. The Kier molecular flexibility index (Phi) is 6.45. The minimum absolute atomic E-state index is 0.151. The summed E-state index contributed by atoms with van der Waals surface area (Å²) in [5.74, 6) is 2.67.